The van der Waals surface area contributed by atoms with Crippen molar-refractivity contribution in [2.45, 2.75) is 13.2 Å². The number of amides is 1. The number of hydrogen-bond donors (Lipinski definition) is 3. The van der Waals surface area contributed by atoms with E-state index < -0.39 is 5.91 Å². The van der Waals surface area contributed by atoms with Crippen LogP contribution in [0.15, 0.2) is 71.4 Å². The molecule has 32 heavy (non-hydrogen) atoms. The van der Waals surface area contributed by atoms with Crippen molar-refractivity contribution >= 4 is 34.9 Å². The van der Waals surface area contributed by atoms with E-state index in [-0.39, 0.29) is 23.9 Å². The third-order valence-corrected chi connectivity index (χ3v) is 4.85. The summed E-state index contributed by atoms with van der Waals surface area (Å²) in [6.07, 6.45) is 0. The predicted molar refractivity (Wildman–Crippen MR) is 125 cm³/mol. The molecule has 0 aliphatic heterocycles. The maximum absolute atomic E-state index is 12.0. The van der Waals surface area contributed by atoms with Crippen LogP contribution in [0, 0.1) is 0 Å². The largest absolute Gasteiger partial charge is 0.489 e. The fourth-order valence-corrected chi connectivity index (χ4v) is 3.28. The monoisotopic (exact) mass is 453 g/mol. The molecule has 9 heteroatoms. The number of hydrogen-bond acceptors (Lipinski definition) is 7. The Labute approximate surface area is 191 Å². The lowest BCUT2D eigenvalue weighted by molar-refractivity contribution is 0.0944. The quantitative estimate of drug-likeness (QED) is 0.333. The van der Waals surface area contributed by atoms with Crippen LogP contribution >= 0.6 is 12.4 Å². The summed E-state index contributed by atoms with van der Waals surface area (Å²) in [7, 11) is 0. The Balaban J connectivity index is 0.00000289. The van der Waals surface area contributed by atoms with E-state index in [0.29, 0.717) is 26.2 Å². The molecule has 4 rings (SSSR count). The Morgan fingerprint density at radius 2 is 1.75 bits per heavy atom. The van der Waals surface area contributed by atoms with Crippen molar-refractivity contribution in [1.29, 1.82) is 0 Å². The predicted octanol–water partition coefficient (Wildman–Crippen LogP) is 3.33. The molecule has 3 aromatic carbocycles. The van der Waals surface area contributed by atoms with E-state index in [1.807, 2.05) is 48.5 Å². The number of nitrogen functional groups attached to an aromatic ring is 1. The Hall–Kier alpha value is -3.62. The van der Waals surface area contributed by atoms with Crippen LogP contribution in [-0.2, 0) is 13.2 Å². The molecule has 1 heterocycles. The zero-order valence-corrected chi connectivity index (χ0v) is 18.1. The van der Waals surface area contributed by atoms with Gasteiger partial charge in [0.25, 0.3) is 5.91 Å². The average molecular weight is 454 g/mol. The van der Waals surface area contributed by atoms with Crippen molar-refractivity contribution in [2.75, 3.05) is 18.8 Å². The standard InChI is InChI=1S/C23H23N5O3.ClH/c24-22-21(27-31-28-22)23(29)26-13-12-25-14-19-18-9-5-4-8-17(18)10-11-20(19)30-15-16-6-2-1-3-7-16;/h1-11,25H,12-15H2,(H2,24,28)(H,26,29);1H. The highest BCUT2D eigenvalue weighted by atomic mass is 35.5. The van der Waals surface area contributed by atoms with Crippen LogP contribution < -0.4 is 21.1 Å². The molecule has 8 nitrogen and oxygen atoms in total. The summed E-state index contributed by atoms with van der Waals surface area (Å²) in [5.74, 6) is 0.388. The minimum absolute atomic E-state index is 0. The first kappa shape index (κ1) is 23.1. The fourth-order valence-electron chi connectivity index (χ4n) is 3.28. The fraction of sp³-hybridized carbons (Fsp3) is 0.174. The summed E-state index contributed by atoms with van der Waals surface area (Å²) in [6.45, 7) is 2.04. The Morgan fingerprint density at radius 3 is 2.53 bits per heavy atom. The summed E-state index contributed by atoms with van der Waals surface area (Å²) >= 11 is 0. The van der Waals surface area contributed by atoms with Gasteiger partial charge in [-0.1, -0.05) is 60.7 Å². The topological polar surface area (TPSA) is 115 Å². The first-order chi connectivity index (χ1) is 15.2. The number of benzene rings is 3. The van der Waals surface area contributed by atoms with E-state index in [2.05, 4.69) is 43.8 Å². The van der Waals surface area contributed by atoms with Crippen LogP contribution in [0.3, 0.4) is 0 Å². The van der Waals surface area contributed by atoms with Crippen LogP contribution in [0.1, 0.15) is 21.6 Å². The number of carbonyl (C=O) groups excluding carboxylic acids is 1. The van der Waals surface area contributed by atoms with Crippen LogP contribution in [0.25, 0.3) is 10.8 Å². The van der Waals surface area contributed by atoms with Crippen molar-refractivity contribution < 1.29 is 14.2 Å². The van der Waals surface area contributed by atoms with Gasteiger partial charge in [-0.2, -0.15) is 0 Å². The summed E-state index contributed by atoms with van der Waals surface area (Å²) in [6, 6.07) is 22.3. The van der Waals surface area contributed by atoms with E-state index in [1.54, 1.807) is 0 Å². The van der Waals surface area contributed by atoms with E-state index in [0.717, 1.165) is 27.6 Å². The van der Waals surface area contributed by atoms with Gasteiger partial charge in [0.1, 0.15) is 12.4 Å². The molecule has 166 valence electrons. The van der Waals surface area contributed by atoms with Gasteiger partial charge in [0.05, 0.1) is 0 Å². The Bertz CT molecular complexity index is 1170. The molecule has 0 saturated heterocycles. The van der Waals surface area contributed by atoms with E-state index in [1.165, 1.54) is 0 Å². The number of anilines is 1. The molecule has 0 unspecified atom stereocenters. The van der Waals surface area contributed by atoms with Gasteiger partial charge < -0.3 is 21.1 Å². The molecule has 1 aromatic heterocycles. The third kappa shape index (κ3) is 5.54. The first-order valence-corrected chi connectivity index (χ1v) is 9.96. The summed E-state index contributed by atoms with van der Waals surface area (Å²) in [4.78, 5) is 12.0. The summed E-state index contributed by atoms with van der Waals surface area (Å²) in [5.41, 5.74) is 7.71. The van der Waals surface area contributed by atoms with Gasteiger partial charge in [0.15, 0.2) is 0 Å². The number of fused-ring (bicyclic) bond motifs is 1. The highest BCUT2D eigenvalue weighted by Crippen LogP contribution is 2.28. The van der Waals surface area contributed by atoms with Crippen molar-refractivity contribution in [2.24, 2.45) is 0 Å². The second-order valence-electron chi connectivity index (χ2n) is 6.97. The zero-order chi connectivity index (χ0) is 21.5. The molecule has 0 atom stereocenters. The van der Waals surface area contributed by atoms with Crippen LogP contribution in [0.4, 0.5) is 5.82 Å². The maximum Gasteiger partial charge on any atom is 0.277 e. The molecular weight excluding hydrogens is 430 g/mol. The second-order valence-corrected chi connectivity index (χ2v) is 6.97. The highest BCUT2D eigenvalue weighted by molar-refractivity contribution is 5.96. The minimum atomic E-state index is -0.419. The van der Waals surface area contributed by atoms with Crippen molar-refractivity contribution in [3.05, 3.63) is 83.6 Å². The van der Waals surface area contributed by atoms with Gasteiger partial charge in [0.2, 0.25) is 11.5 Å². The molecule has 0 bridgehead atoms. The van der Waals surface area contributed by atoms with Gasteiger partial charge in [-0.05, 0) is 32.7 Å². The molecule has 4 aromatic rings. The minimum Gasteiger partial charge on any atom is -0.489 e. The second kappa shape index (κ2) is 11.1. The average Bonchev–Trinajstić information content (AvgIpc) is 3.24. The maximum atomic E-state index is 12.0. The molecule has 0 radical (unpaired) electrons. The van der Waals surface area contributed by atoms with Crippen LogP contribution in [0.5, 0.6) is 5.75 Å². The smallest absolute Gasteiger partial charge is 0.277 e. The molecule has 0 aliphatic carbocycles. The van der Waals surface area contributed by atoms with Crippen LogP contribution in [-0.4, -0.2) is 29.3 Å². The summed E-state index contributed by atoms with van der Waals surface area (Å²) < 4.78 is 10.6. The number of carbonyl (C=O) groups is 1. The first-order valence-electron chi connectivity index (χ1n) is 9.96. The number of ether oxygens (including phenoxy) is 1. The van der Waals surface area contributed by atoms with Crippen molar-refractivity contribution in [1.82, 2.24) is 20.9 Å². The molecule has 4 N–H and O–H groups in total. The number of halogens is 1. The Kier molecular flexibility index (Phi) is 8.02. The number of nitrogens with two attached hydrogens (primary N) is 1. The molecule has 1 amide bonds. The summed E-state index contributed by atoms with van der Waals surface area (Å²) in [5, 5.41) is 15.3. The lowest BCUT2D eigenvalue weighted by atomic mass is 10.0. The number of rotatable bonds is 9. The molecule has 0 saturated carbocycles. The molecule has 0 aliphatic rings. The van der Waals surface area contributed by atoms with Gasteiger partial charge in [-0.3, -0.25) is 4.79 Å². The normalized spacial score (nSPS) is 10.5. The van der Waals surface area contributed by atoms with E-state index in [9.17, 15) is 4.79 Å². The van der Waals surface area contributed by atoms with Gasteiger partial charge in [0, 0.05) is 25.2 Å². The number of aromatic nitrogens is 2. The van der Waals surface area contributed by atoms with Gasteiger partial charge >= 0.3 is 0 Å². The SMILES string of the molecule is Cl.Nc1nonc1C(=O)NCCNCc1c(OCc2ccccc2)ccc2ccccc12. The number of nitrogens with zero attached hydrogens (tertiary/aromatic N) is 2. The zero-order valence-electron chi connectivity index (χ0n) is 17.3. The van der Waals surface area contributed by atoms with Crippen molar-refractivity contribution in [3.63, 3.8) is 0 Å². The van der Waals surface area contributed by atoms with E-state index in [4.69, 9.17) is 10.5 Å². The molecule has 0 fully saturated rings. The molecular formula is C23H24ClN5O3. The lowest BCUT2D eigenvalue weighted by Gasteiger charge is -2.15. The van der Waals surface area contributed by atoms with Crippen LogP contribution in [0.2, 0.25) is 0 Å². The highest BCUT2D eigenvalue weighted by Gasteiger charge is 2.15. The number of nitrogens with one attached hydrogen (secondary N) is 2. The third-order valence-electron chi connectivity index (χ3n) is 4.85. The van der Waals surface area contributed by atoms with Gasteiger partial charge in [-0.25, -0.2) is 4.63 Å². The molecule has 0 spiro atoms. The Morgan fingerprint density at radius 1 is 0.969 bits per heavy atom. The lowest BCUT2D eigenvalue weighted by Crippen LogP contribution is -2.32. The van der Waals surface area contributed by atoms with Gasteiger partial charge in [-0.15, -0.1) is 12.4 Å². The van der Waals surface area contributed by atoms with E-state index >= 15 is 0 Å². The van der Waals surface area contributed by atoms with Crippen molar-refractivity contribution in [3.8, 4) is 5.75 Å².